The van der Waals surface area contributed by atoms with Crippen LogP contribution in [0.2, 0.25) is 0 Å². The molecule has 0 aromatic heterocycles. The Morgan fingerprint density at radius 2 is 2.33 bits per heavy atom. The van der Waals surface area contributed by atoms with E-state index in [9.17, 15) is 4.21 Å². The van der Waals surface area contributed by atoms with Crippen molar-refractivity contribution in [1.82, 2.24) is 0 Å². The molecule has 0 rings (SSSR count). The molecule has 4 heteroatoms. The summed E-state index contributed by atoms with van der Waals surface area (Å²) in [5.74, 6) is 3.37. The first-order chi connectivity index (χ1) is 2.81. The molecule has 0 radical (unpaired) electrons. The third-order valence-electron chi connectivity index (χ3n) is 0.254. The van der Waals surface area contributed by atoms with E-state index in [-0.39, 0.29) is 0 Å². The van der Waals surface area contributed by atoms with Crippen molar-refractivity contribution in [3.05, 3.63) is 0 Å². The van der Waals surface area contributed by atoms with Gasteiger partial charge in [-0.2, -0.15) is 0 Å². The fourth-order valence-corrected chi connectivity index (χ4v) is 1.42. The molecule has 0 saturated carbocycles. The Morgan fingerprint density at radius 1 is 1.83 bits per heavy atom. The zero-order chi connectivity index (χ0) is 4.99. The minimum Gasteiger partial charge on any atom is -0.250 e. The lowest BCUT2D eigenvalue weighted by molar-refractivity contribution is 0.700. The van der Waals surface area contributed by atoms with E-state index in [0.717, 1.165) is 9.91 Å². The van der Waals surface area contributed by atoms with E-state index < -0.39 is 8.39 Å². The third kappa shape index (κ3) is 2.81. The third-order valence-corrected chi connectivity index (χ3v) is 4.58. The summed E-state index contributed by atoms with van der Waals surface area (Å²) in [5.41, 5.74) is 0. The lowest BCUT2D eigenvalue weighted by Crippen LogP contribution is -1.54. The van der Waals surface area contributed by atoms with Gasteiger partial charge in [-0.1, -0.05) is 20.7 Å². The van der Waals surface area contributed by atoms with Gasteiger partial charge in [0.2, 0.25) is 0 Å². The zero-order valence-electron chi connectivity index (χ0n) is 3.38. The van der Waals surface area contributed by atoms with Crippen molar-refractivity contribution in [3.63, 3.8) is 0 Å². The second-order valence-electron chi connectivity index (χ2n) is 0.535. The Hall–Kier alpha value is 0.590. The molecule has 0 N–H and O–H groups in total. The van der Waals surface area contributed by atoms with Gasteiger partial charge in [-0.05, 0) is 12.1 Å². The molecule has 0 aliphatic rings. The van der Waals surface area contributed by atoms with E-state index in [1.165, 1.54) is 10.8 Å². The van der Waals surface area contributed by atoms with Gasteiger partial charge < -0.3 is 0 Å². The van der Waals surface area contributed by atoms with Gasteiger partial charge in [0.05, 0.1) is 8.39 Å². The summed E-state index contributed by atoms with van der Waals surface area (Å²) in [5, 5.41) is 0. The average molecular weight is 142 g/mol. The van der Waals surface area contributed by atoms with Crippen molar-refractivity contribution >= 4 is 35.0 Å². The lowest BCUT2D eigenvalue weighted by Gasteiger charge is -1.67. The van der Waals surface area contributed by atoms with Crippen LogP contribution < -0.4 is 0 Å². The van der Waals surface area contributed by atoms with Gasteiger partial charge in [0.1, 0.15) is 0 Å². The van der Waals surface area contributed by atoms with E-state index in [0.29, 0.717) is 0 Å². The molecule has 1 unspecified atom stereocenters. The van der Waals surface area contributed by atoms with E-state index in [1.54, 1.807) is 6.26 Å². The van der Waals surface area contributed by atoms with Gasteiger partial charge in [0.25, 0.3) is 0 Å². The van der Waals surface area contributed by atoms with Crippen LogP contribution in [0.4, 0.5) is 0 Å². The van der Waals surface area contributed by atoms with Gasteiger partial charge >= 0.3 is 0 Å². The first kappa shape index (κ1) is 6.59. The highest BCUT2D eigenvalue weighted by Crippen LogP contribution is 1.87. The summed E-state index contributed by atoms with van der Waals surface area (Å²) in [6.07, 6.45) is 1.80. The van der Waals surface area contributed by atoms with Crippen LogP contribution in [-0.2, 0) is 18.3 Å². The minimum atomic E-state index is -1.10. The van der Waals surface area contributed by atoms with Crippen LogP contribution in [0, 0.1) is 0 Å². The molecule has 0 fully saturated rings. The lowest BCUT2D eigenvalue weighted by atomic mass is 12.0. The maximum Gasteiger partial charge on any atom is 0.0603 e. The van der Waals surface area contributed by atoms with Gasteiger partial charge in [-0.15, -0.1) is 0 Å². The quantitative estimate of drug-likeness (QED) is 0.319. The van der Waals surface area contributed by atoms with Gasteiger partial charge in [0, 0.05) is 0 Å². The van der Waals surface area contributed by atoms with Crippen molar-refractivity contribution in [2.45, 2.75) is 0 Å². The number of hydrogen-bond donors (Lipinski definition) is 1. The molecule has 1 nitrogen and oxygen atoms in total. The Bertz CT molecular complexity index is 117. The summed E-state index contributed by atoms with van der Waals surface area (Å²) < 4.78 is 10.2. The monoisotopic (exact) mass is 142 g/mol. The van der Waals surface area contributed by atoms with E-state index in [2.05, 4.69) is 5.87 Å². The molecule has 0 aromatic carbocycles. The molecule has 0 aliphatic carbocycles. The first-order valence-electron chi connectivity index (χ1n) is 1.24. The molecule has 0 aromatic rings. The smallest absolute Gasteiger partial charge is 0.0603 e. The fourth-order valence-electron chi connectivity index (χ4n) is 0.0527. The Balaban J connectivity index is 3.89. The maximum absolute atomic E-state index is 10.2. The molecule has 0 bridgehead atoms. The Morgan fingerprint density at radius 3 is 2.33 bits per heavy atom. The zero-order valence-corrected chi connectivity index (χ0v) is 5.91. The van der Waals surface area contributed by atoms with Crippen LogP contribution in [-0.4, -0.2) is 16.3 Å². The Kier molecular flexibility index (Phi) is 4.14. The molecule has 38 valence electrons. The van der Waals surface area contributed by atoms with E-state index in [1.807, 2.05) is 0 Å². The van der Waals surface area contributed by atoms with E-state index >= 15 is 0 Å². The summed E-state index contributed by atoms with van der Waals surface area (Å²) in [4.78, 5) is 0. The topological polar surface area (TPSA) is 17.1 Å². The van der Waals surface area contributed by atoms with Gasteiger partial charge in [0.15, 0.2) is 0 Å². The molecule has 0 saturated heterocycles. The SMILES string of the molecule is C=S=[SH](=O)SC. The molecule has 0 heterocycles. The van der Waals surface area contributed by atoms with E-state index in [4.69, 9.17) is 0 Å². The normalized spacial score (nSPS) is 13.5. The van der Waals surface area contributed by atoms with Crippen LogP contribution in [0.5, 0.6) is 0 Å². The second kappa shape index (κ2) is 3.77. The van der Waals surface area contributed by atoms with Crippen LogP contribution in [0.15, 0.2) is 0 Å². The average Bonchev–Trinajstić information content (AvgIpc) is 1.65. The molecule has 0 aliphatic heterocycles. The summed E-state index contributed by atoms with van der Waals surface area (Å²) in [6, 6.07) is 0. The van der Waals surface area contributed by atoms with Crippen LogP contribution >= 0.6 is 10.8 Å². The Labute approximate surface area is 45.8 Å². The van der Waals surface area contributed by atoms with Crippen molar-refractivity contribution in [2.75, 3.05) is 6.26 Å². The van der Waals surface area contributed by atoms with Gasteiger partial charge in [-0.25, -0.2) is 4.21 Å². The summed E-state index contributed by atoms with van der Waals surface area (Å²) >= 11 is 0. The standard InChI is InChI=1S/C2H6OS3/c1-4-6(3)5-2/h6H,1H2,2H3. The molecule has 0 amide bonds. The number of thiol groups is 1. The molecule has 0 spiro atoms. The highest BCUT2D eigenvalue weighted by molar-refractivity contribution is 8.79. The molecular weight excluding hydrogens is 136 g/mol. The van der Waals surface area contributed by atoms with Crippen molar-refractivity contribution in [2.24, 2.45) is 0 Å². The maximum atomic E-state index is 10.2. The second-order valence-corrected chi connectivity index (χ2v) is 6.16. The van der Waals surface area contributed by atoms with Crippen LogP contribution in [0.1, 0.15) is 0 Å². The van der Waals surface area contributed by atoms with Gasteiger partial charge in [-0.3, -0.25) is 0 Å². The van der Waals surface area contributed by atoms with Crippen molar-refractivity contribution in [1.29, 1.82) is 0 Å². The van der Waals surface area contributed by atoms with Crippen LogP contribution in [0.25, 0.3) is 0 Å². The predicted molar refractivity (Wildman–Crippen MR) is 37.5 cm³/mol. The molecule has 6 heavy (non-hydrogen) atoms. The number of rotatable bonds is 1. The molecular formula is C2H6OS3. The minimum absolute atomic E-state index is 1.10. The predicted octanol–water partition coefficient (Wildman–Crippen LogP) is 0.175. The summed E-state index contributed by atoms with van der Waals surface area (Å²) in [7, 11) is 1.38. The van der Waals surface area contributed by atoms with Crippen molar-refractivity contribution in [3.8, 4) is 0 Å². The summed E-state index contributed by atoms with van der Waals surface area (Å²) in [6.45, 7) is 0. The number of hydrogen-bond acceptors (Lipinski definition) is 2. The first-order valence-corrected chi connectivity index (χ1v) is 5.92. The highest BCUT2D eigenvalue weighted by Gasteiger charge is 1.62. The largest absolute Gasteiger partial charge is 0.250 e. The van der Waals surface area contributed by atoms with Crippen molar-refractivity contribution < 1.29 is 4.21 Å². The van der Waals surface area contributed by atoms with Crippen LogP contribution in [0.3, 0.4) is 0 Å². The molecule has 1 atom stereocenters. The highest BCUT2D eigenvalue weighted by atomic mass is 33.3. The fraction of sp³-hybridized carbons (Fsp3) is 0.500.